The highest BCUT2D eigenvalue weighted by molar-refractivity contribution is 5.97. The highest BCUT2D eigenvalue weighted by Gasteiger charge is 2.30. The van der Waals surface area contributed by atoms with Crippen molar-refractivity contribution in [2.75, 3.05) is 26.4 Å². The molecule has 1 saturated heterocycles. The number of morpholine rings is 1. The second-order valence-electron chi connectivity index (χ2n) is 4.62. The van der Waals surface area contributed by atoms with Gasteiger partial charge in [-0.25, -0.2) is 0 Å². The molecule has 2 rings (SSSR count). The van der Waals surface area contributed by atoms with E-state index in [2.05, 4.69) is 0 Å². The zero-order valence-corrected chi connectivity index (χ0v) is 11.0. The Labute approximate surface area is 106 Å². The van der Waals surface area contributed by atoms with Gasteiger partial charge in [-0.05, 0) is 20.8 Å². The average Bonchev–Trinajstić information content (AvgIpc) is 2.62. The molecule has 0 saturated carbocycles. The maximum absolute atomic E-state index is 12.5. The Kier molecular flexibility index (Phi) is 3.73. The lowest BCUT2D eigenvalue weighted by atomic mass is 10.1. The van der Waals surface area contributed by atoms with E-state index in [1.807, 2.05) is 13.8 Å². The lowest BCUT2D eigenvalue weighted by Gasteiger charge is -2.34. The molecule has 1 unspecified atom stereocenters. The zero-order chi connectivity index (χ0) is 13.3. The fourth-order valence-corrected chi connectivity index (χ4v) is 2.33. The molecule has 0 spiro atoms. The van der Waals surface area contributed by atoms with E-state index in [4.69, 9.17) is 9.15 Å². The number of carbonyl (C=O) groups excluding carboxylic acids is 1. The third-order valence-electron chi connectivity index (χ3n) is 3.47. The van der Waals surface area contributed by atoms with Crippen LogP contribution >= 0.6 is 0 Å². The van der Waals surface area contributed by atoms with Gasteiger partial charge in [0.1, 0.15) is 11.5 Å². The number of nitrogens with zero attached hydrogens (tertiary/aromatic N) is 1. The Morgan fingerprint density at radius 1 is 1.39 bits per heavy atom. The van der Waals surface area contributed by atoms with Gasteiger partial charge in [-0.1, -0.05) is 0 Å². The summed E-state index contributed by atoms with van der Waals surface area (Å²) in [5, 5.41) is 9.30. The molecule has 0 radical (unpaired) electrons. The van der Waals surface area contributed by atoms with E-state index in [0.29, 0.717) is 31.1 Å². The second kappa shape index (κ2) is 5.12. The van der Waals surface area contributed by atoms with E-state index in [1.54, 1.807) is 11.8 Å². The minimum atomic E-state index is -0.264. The van der Waals surface area contributed by atoms with Crippen LogP contribution in [0.3, 0.4) is 0 Å². The Balaban J connectivity index is 2.29. The SMILES string of the molecule is Cc1oc(C)c(C(=O)N2CCOCC2CO)c1C. The molecule has 1 aromatic heterocycles. The van der Waals surface area contributed by atoms with E-state index in [9.17, 15) is 9.90 Å². The molecule has 2 heterocycles. The van der Waals surface area contributed by atoms with Gasteiger partial charge < -0.3 is 19.2 Å². The summed E-state index contributed by atoms with van der Waals surface area (Å²) in [6.45, 7) is 6.85. The van der Waals surface area contributed by atoms with Crippen molar-refractivity contribution in [2.45, 2.75) is 26.8 Å². The number of aliphatic hydroxyl groups excluding tert-OH is 1. The van der Waals surface area contributed by atoms with Crippen molar-refractivity contribution in [2.24, 2.45) is 0 Å². The van der Waals surface area contributed by atoms with Crippen LogP contribution in [-0.4, -0.2) is 48.3 Å². The highest BCUT2D eigenvalue weighted by atomic mass is 16.5. The topological polar surface area (TPSA) is 62.9 Å². The van der Waals surface area contributed by atoms with Crippen molar-refractivity contribution in [1.29, 1.82) is 0 Å². The molecule has 1 aliphatic heterocycles. The minimum absolute atomic E-state index is 0.0794. The molecule has 1 aliphatic rings. The maximum Gasteiger partial charge on any atom is 0.258 e. The molecule has 0 aromatic carbocycles. The quantitative estimate of drug-likeness (QED) is 0.855. The van der Waals surface area contributed by atoms with Crippen LogP contribution in [0.1, 0.15) is 27.4 Å². The summed E-state index contributed by atoms with van der Waals surface area (Å²) in [4.78, 5) is 14.2. The van der Waals surface area contributed by atoms with Crippen molar-refractivity contribution >= 4 is 5.91 Å². The van der Waals surface area contributed by atoms with Gasteiger partial charge in [-0.2, -0.15) is 0 Å². The number of rotatable bonds is 2. The standard InChI is InChI=1S/C13H19NO4/c1-8-9(2)18-10(3)12(8)13(16)14-4-5-17-7-11(14)6-15/h11,15H,4-7H2,1-3H3. The van der Waals surface area contributed by atoms with Crippen LogP contribution in [-0.2, 0) is 4.74 Å². The van der Waals surface area contributed by atoms with Crippen molar-refractivity contribution in [3.05, 3.63) is 22.6 Å². The first-order chi connectivity index (χ1) is 8.56. The smallest absolute Gasteiger partial charge is 0.258 e. The summed E-state index contributed by atoms with van der Waals surface area (Å²) in [7, 11) is 0. The number of aliphatic hydroxyl groups is 1. The summed E-state index contributed by atoms with van der Waals surface area (Å²) in [5.74, 6) is 1.33. The van der Waals surface area contributed by atoms with Gasteiger partial charge in [0.25, 0.3) is 5.91 Å². The number of ether oxygens (including phenoxy) is 1. The number of aryl methyl sites for hydroxylation is 2. The molecule has 5 heteroatoms. The lowest BCUT2D eigenvalue weighted by Crippen LogP contribution is -2.50. The van der Waals surface area contributed by atoms with E-state index in [0.717, 1.165) is 11.3 Å². The molecular formula is C13H19NO4. The van der Waals surface area contributed by atoms with Gasteiger partial charge in [0, 0.05) is 12.1 Å². The lowest BCUT2D eigenvalue weighted by molar-refractivity contribution is -0.0185. The van der Waals surface area contributed by atoms with Gasteiger partial charge in [-0.3, -0.25) is 4.79 Å². The largest absolute Gasteiger partial charge is 0.466 e. The number of hydrogen-bond acceptors (Lipinski definition) is 4. The van der Waals surface area contributed by atoms with Crippen molar-refractivity contribution in [3.8, 4) is 0 Å². The second-order valence-corrected chi connectivity index (χ2v) is 4.62. The van der Waals surface area contributed by atoms with E-state index < -0.39 is 0 Å². The van der Waals surface area contributed by atoms with Crippen LogP contribution in [0.2, 0.25) is 0 Å². The monoisotopic (exact) mass is 253 g/mol. The fraction of sp³-hybridized carbons (Fsp3) is 0.615. The zero-order valence-electron chi connectivity index (χ0n) is 11.0. The van der Waals surface area contributed by atoms with Crippen molar-refractivity contribution < 1.29 is 19.1 Å². The summed E-state index contributed by atoms with van der Waals surface area (Å²) >= 11 is 0. The first-order valence-corrected chi connectivity index (χ1v) is 6.12. The van der Waals surface area contributed by atoms with Crippen LogP contribution in [0, 0.1) is 20.8 Å². The number of amides is 1. The third-order valence-corrected chi connectivity index (χ3v) is 3.47. The molecule has 18 heavy (non-hydrogen) atoms. The normalized spacial score (nSPS) is 20.2. The van der Waals surface area contributed by atoms with E-state index in [1.165, 1.54) is 0 Å². The van der Waals surface area contributed by atoms with Gasteiger partial charge >= 0.3 is 0 Å². The Morgan fingerprint density at radius 2 is 2.11 bits per heavy atom. The van der Waals surface area contributed by atoms with E-state index in [-0.39, 0.29) is 18.6 Å². The Hall–Kier alpha value is -1.33. The molecule has 1 amide bonds. The molecule has 5 nitrogen and oxygen atoms in total. The number of carbonyl (C=O) groups is 1. The van der Waals surface area contributed by atoms with Gasteiger partial charge in [0.15, 0.2) is 0 Å². The first kappa shape index (κ1) is 13.1. The number of furan rings is 1. The molecule has 1 aromatic rings. The molecule has 1 N–H and O–H groups in total. The van der Waals surface area contributed by atoms with E-state index >= 15 is 0 Å². The first-order valence-electron chi connectivity index (χ1n) is 6.12. The van der Waals surface area contributed by atoms with Crippen LogP contribution in [0.15, 0.2) is 4.42 Å². The number of hydrogen-bond donors (Lipinski definition) is 1. The Morgan fingerprint density at radius 3 is 2.67 bits per heavy atom. The molecule has 0 bridgehead atoms. The predicted octanol–water partition coefficient (Wildman–Crippen LogP) is 1.04. The Bertz CT molecular complexity index is 452. The average molecular weight is 253 g/mol. The van der Waals surface area contributed by atoms with Crippen LogP contribution < -0.4 is 0 Å². The molecule has 0 aliphatic carbocycles. The van der Waals surface area contributed by atoms with Crippen LogP contribution in [0.4, 0.5) is 0 Å². The fourth-order valence-electron chi connectivity index (χ4n) is 2.33. The molecule has 1 fully saturated rings. The van der Waals surface area contributed by atoms with Crippen molar-refractivity contribution in [1.82, 2.24) is 4.90 Å². The van der Waals surface area contributed by atoms with Crippen molar-refractivity contribution in [3.63, 3.8) is 0 Å². The summed E-state index contributed by atoms with van der Waals surface area (Å²) in [6, 6.07) is -0.264. The maximum atomic E-state index is 12.5. The predicted molar refractivity (Wildman–Crippen MR) is 65.6 cm³/mol. The summed E-state index contributed by atoms with van der Waals surface area (Å²) in [6.07, 6.45) is 0. The minimum Gasteiger partial charge on any atom is -0.466 e. The summed E-state index contributed by atoms with van der Waals surface area (Å²) in [5.41, 5.74) is 1.49. The van der Waals surface area contributed by atoms with Gasteiger partial charge in [-0.15, -0.1) is 0 Å². The molecule has 1 atom stereocenters. The molecular weight excluding hydrogens is 234 g/mol. The third kappa shape index (κ3) is 2.15. The molecule has 100 valence electrons. The van der Waals surface area contributed by atoms with Gasteiger partial charge in [0.2, 0.25) is 0 Å². The van der Waals surface area contributed by atoms with Crippen LogP contribution in [0.5, 0.6) is 0 Å². The summed E-state index contributed by atoms with van der Waals surface area (Å²) < 4.78 is 10.8. The highest BCUT2D eigenvalue weighted by Crippen LogP contribution is 2.23. The van der Waals surface area contributed by atoms with Gasteiger partial charge in [0.05, 0.1) is 31.4 Å². The van der Waals surface area contributed by atoms with Crippen LogP contribution in [0.25, 0.3) is 0 Å².